The molecule has 0 unspecified atom stereocenters. The highest BCUT2D eigenvalue weighted by atomic mass is 35.5. The van der Waals surface area contributed by atoms with E-state index in [1.54, 1.807) is 12.1 Å². The first-order chi connectivity index (χ1) is 14.4. The molecule has 0 bridgehead atoms. The van der Waals surface area contributed by atoms with E-state index in [4.69, 9.17) is 27.9 Å². The number of hydrogen-bond acceptors (Lipinski definition) is 4. The summed E-state index contributed by atoms with van der Waals surface area (Å²) in [7, 11) is 0. The maximum absolute atomic E-state index is 13.4. The van der Waals surface area contributed by atoms with Crippen LogP contribution in [0.5, 0.6) is 5.75 Å². The predicted molar refractivity (Wildman–Crippen MR) is 124 cm³/mol. The molecule has 0 radical (unpaired) electrons. The van der Waals surface area contributed by atoms with Gasteiger partial charge in [-0.3, -0.25) is 9.59 Å². The van der Waals surface area contributed by atoms with Crippen molar-refractivity contribution in [1.29, 1.82) is 0 Å². The molecule has 4 rings (SSSR count). The molecule has 0 saturated heterocycles. The normalized spacial score (nSPS) is 22.8. The Balaban J connectivity index is 1.92. The van der Waals surface area contributed by atoms with Crippen LogP contribution in [0.2, 0.25) is 10.0 Å². The minimum absolute atomic E-state index is 0.0778. The zero-order chi connectivity index (χ0) is 22.7. The molecule has 3 aliphatic rings. The molecule has 31 heavy (non-hydrogen) atoms. The Bertz CT molecular complexity index is 974. The second-order valence-electron chi connectivity index (χ2n) is 10.5. The lowest BCUT2D eigenvalue weighted by molar-refractivity contribution is -0.119. The van der Waals surface area contributed by atoms with Gasteiger partial charge in [-0.05, 0) is 48.3 Å². The average Bonchev–Trinajstić information content (AvgIpc) is 2.60. The highest BCUT2D eigenvalue weighted by molar-refractivity contribution is 6.37. The largest absolute Gasteiger partial charge is 0.491 e. The van der Waals surface area contributed by atoms with Crippen LogP contribution in [-0.2, 0) is 9.59 Å². The van der Waals surface area contributed by atoms with Crippen LogP contribution in [-0.4, -0.2) is 18.2 Å². The summed E-state index contributed by atoms with van der Waals surface area (Å²) >= 11 is 13.0. The van der Waals surface area contributed by atoms with E-state index in [1.165, 1.54) is 0 Å². The van der Waals surface area contributed by atoms with Crippen molar-refractivity contribution in [3.63, 3.8) is 0 Å². The number of allylic oxidation sites excluding steroid dienone is 4. The Hall–Kier alpha value is -1.78. The number of nitrogens with one attached hydrogen (secondary N) is 1. The summed E-state index contributed by atoms with van der Waals surface area (Å²) in [5.41, 5.74) is 3.72. The van der Waals surface area contributed by atoms with Gasteiger partial charge in [0.15, 0.2) is 17.3 Å². The van der Waals surface area contributed by atoms with Gasteiger partial charge in [0.1, 0.15) is 0 Å². The zero-order valence-corrected chi connectivity index (χ0v) is 20.3. The van der Waals surface area contributed by atoms with Crippen LogP contribution in [0.3, 0.4) is 0 Å². The minimum Gasteiger partial charge on any atom is -0.491 e. The fourth-order valence-corrected chi connectivity index (χ4v) is 5.86. The third kappa shape index (κ3) is 4.05. The van der Waals surface area contributed by atoms with Crippen molar-refractivity contribution < 1.29 is 14.3 Å². The standard InChI is InChI=1S/C25H29Cl2NO3/c1-6-31-23-14(26)7-13(8-15(23)27)20-21-16(9-24(2,3)11-18(21)29)28-17-10-25(4,5)12-19(30)22(17)20/h7-8,20,28H,6,9-12H2,1-5H3. The number of carbonyl (C=O) groups is 2. The fraction of sp³-hybridized carbons (Fsp3) is 0.520. The first kappa shape index (κ1) is 22.4. The van der Waals surface area contributed by atoms with Crippen LogP contribution in [0.25, 0.3) is 0 Å². The molecule has 0 spiro atoms. The monoisotopic (exact) mass is 461 g/mol. The van der Waals surface area contributed by atoms with Crippen molar-refractivity contribution >= 4 is 34.8 Å². The number of benzene rings is 1. The molecule has 1 heterocycles. The quantitative estimate of drug-likeness (QED) is 0.568. The molecule has 0 saturated carbocycles. The summed E-state index contributed by atoms with van der Waals surface area (Å²) in [5.74, 6) is 0.131. The fourth-order valence-electron chi connectivity index (χ4n) is 5.25. The Kier molecular flexibility index (Phi) is 5.54. The summed E-state index contributed by atoms with van der Waals surface area (Å²) < 4.78 is 5.59. The second-order valence-corrected chi connectivity index (χ2v) is 11.3. The van der Waals surface area contributed by atoms with Gasteiger partial charge in [0.25, 0.3) is 0 Å². The van der Waals surface area contributed by atoms with E-state index >= 15 is 0 Å². The summed E-state index contributed by atoms with van der Waals surface area (Å²) in [6.45, 7) is 10.7. The van der Waals surface area contributed by atoms with Gasteiger partial charge in [-0.2, -0.15) is 0 Å². The molecule has 1 aromatic carbocycles. The molecular weight excluding hydrogens is 433 g/mol. The number of Topliss-reactive ketones (excluding diaryl/α,β-unsaturated/α-hetero) is 2. The Morgan fingerprint density at radius 3 is 1.77 bits per heavy atom. The maximum Gasteiger partial charge on any atom is 0.162 e. The van der Waals surface area contributed by atoms with Gasteiger partial charge >= 0.3 is 0 Å². The minimum atomic E-state index is -0.455. The highest BCUT2D eigenvalue weighted by Crippen LogP contribution is 2.52. The van der Waals surface area contributed by atoms with E-state index in [2.05, 4.69) is 33.0 Å². The molecule has 0 atom stereocenters. The van der Waals surface area contributed by atoms with Gasteiger partial charge < -0.3 is 10.1 Å². The van der Waals surface area contributed by atoms with Gasteiger partial charge in [0.2, 0.25) is 0 Å². The van der Waals surface area contributed by atoms with Gasteiger partial charge in [0, 0.05) is 41.3 Å². The van der Waals surface area contributed by atoms with Gasteiger partial charge in [-0.15, -0.1) is 0 Å². The molecule has 1 aromatic rings. The lowest BCUT2D eigenvalue weighted by Gasteiger charge is -2.44. The summed E-state index contributed by atoms with van der Waals surface area (Å²) in [5, 5.41) is 4.29. The lowest BCUT2D eigenvalue weighted by atomic mass is 9.64. The molecular formula is C25H29Cl2NO3. The maximum atomic E-state index is 13.4. The third-order valence-electron chi connectivity index (χ3n) is 6.36. The molecule has 166 valence electrons. The first-order valence-electron chi connectivity index (χ1n) is 10.8. The van der Waals surface area contributed by atoms with Crippen LogP contribution in [0.1, 0.15) is 71.8 Å². The number of carbonyl (C=O) groups excluding carboxylic acids is 2. The molecule has 4 nitrogen and oxygen atoms in total. The Labute approximate surface area is 194 Å². The number of ketones is 2. The lowest BCUT2D eigenvalue weighted by Crippen LogP contribution is -2.42. The molecule has 0 amide bonds. The van der Waals surface area contributed by atoms with E-state index in [0.29, 0.717) is 46.4 Å². The molecule has 1 aliphatic heterocycles. The van der Waals surface area contributed by atoms with E-state index < -0.39 is 5.92 Å². The molecule has 1 N–H and O–H groups in total. The number of halogens is 2. The van der Waals surface area contributed by atoms with Crippen LogP contribution in [0.4, 0.5) is 0 Å². The van der Waals surface area contributed by atoms with Crippen LogP contribution in [0, 0.1) is 10.8 Å². The number of dihydropyridines is 1. The summed E-state index contributed by atoms with van der Waals surface area (Å²) in [6.07, 6.45) is 2.42. The number of hydrogen-bond donors (Lipinski definition) is 1. The van der Waals surface area contributed by atoms with E-state index in [0.717, 1.165) is 29.8 Å². The Morgan fingerprint density at radius 1 is 0.903 bits per heavy atom. The van der Waals surface area contributed by atoms with Crippen LogP contribution in [0.15, 0.2) is 34.7 Å². The summed E-state index contributed by atoms with van der Waals surface area (Å²) in [4.78, 5) is 26.7. The van der Waals surface area contributed by atoms with E-state index in [1.807, 2.05) is 6.92 Å². The molecule has 0 fully saturated rings. The predicted octanol–water partition coefficient (Wildman–Crippen LogP) is 6.37. The number of rotatable bonds is 3. The van der Waals surface area contributed by atoms with Gasteiger partial charge in [-0.25, -0.2) is 0 Å². The molecule has 0 aromatic heterocycles. The van der Waals surface area contributed by atoms with Crippen molar-refractivity contribution in [3.05, 3.63) is 50.3 Å². The van der Waals surface area contributed by atoms with Crippen molar-refractivity contribution in [2.24, 2.45) is 10.8 Å². The zero-order valence-electron chi connectivity index (χ0n) is 18.7. The SMILES string of the molecule is CCOc1c(Cl)cc(C2C3=C(CC(C)(C)CC3=O)NC3=C2C(=O)CC(C)(C)C3)cc1Cl. The van der Waals surface area contributed by atoms with E-state index in [-0.39, 0.29) is 22.4 Å². The van der Waals surface area contributed by atoms with Crippen molar-refractivity contribution in [2.45, 2.75) is 66.2 Å². The average molecular weight is 462 g/mol. The molecule has 6 heteroatoms. The van der Waals surface area contributed by atoms with Gasteiger partial charge in [0.05, 0.1) is 16.7 Å². The van der Waals surface area contributed by atoms with Gasteiger partial charge in [-0.1, -0.05) is 50.9 Å². The highest BCUT2D eigenvalue weighted by Gasteiger charge is 2.46. The molecule has 2 aliphatic carbocycles. The topological polar surface area (TPSA) is 55.4 Å². The van der Waals surface area contributed by atoms with E-state index in [9.17, 15) is 9.59 Å². The van der Waals surface area contributed by atoms with Crippen molar-refractivity contribution in [1.82, 2.24) is 5.32 Å². The Morgan fingerprint density at radius 2 is 1.35 bits per heavy atom. The summed E-state index contributed by atoms with van der Waals surface area (Å²) in [6, 6.07) is 3.59. The second kappa shape index (κ2) is 7.67. The van der Waals surface area contributed by atoms with Crippen molar-refractivity contribution in [3.8, 4) is 5.75 Å². The van der Waals surface area contributed by atoms with Crippen molar-refractivity contribution in [2.75, 3.05) is 6.61 Å². The smallest absolute Gasteiger partial charge is 0.162 e. The first-order valence-corrected chi connectivity index (χ1v) is 11.6. The van der Waals surface area contributed by atoms with Crippen LogP contribution < -0.4 is 10.1 Å². The van der Waals surface area contributed by atoms with Crippen LogP contribution >= 0.6 is 23.2 Å². The third-order valence-corrected chi connectivity index (χ3v) is 6.92. The number of ether oxygens (including phenoxy) is 1.